The molecule has 0 bridgehead atoms. The third kappa shape index (κ3) is 7.68. The average Bonchev–Trinajstić information content (AvgIpc) is 2.78. The Balaban J connectivity index is 2.18. The van der Waals surface area contributed by atoms with Crippen LogP contribution in [-0.2, 0) is 26.0 Å². The molecule has 2 amide bonds. The largest absolute Gasteiger partial charge is 0.354 e. The lowest BCUT2D eigenvalue weighted by molar-refractivity contribution is -0.139. The monoisotopic (exact) mass is 473 g/mol. The fraction of sp³-hybridized carbons (Fsp3) is 0.440. The molecule has 2 rings (SSSR count). The van der Waals surface area contributed by atoms with Gasteiger partial charge in [-0.1, -0.05) is 61.9 Å². The second-order valence-corrected chi connectivity index (χ2v) is 10.8. The standard InChI is InChI=1S/C25H35N3O4S/c1-19(2)17-26-25(30)21(4)28(16-15-22-9-7-6-8-10-22)24(29)18-27(5)33(31,32)23-13-11-20(3)12-14-23/h6-14,19,21H,15-18H2,1-5H3,(H,26,30)/t21-/m0/s1. The molecule has 0 aliphatic rings. The highest BCUT2D eigenvalue weighted by Gasteiger charge is 2.30. The summed E-state index contributed by atoms with van der Waals surface area (Å²) in [5, 5.41) is 2.87. The second-order valence-electron chi connectivity index (χ2n) is 8.71. The number of carbonyl (C=O) groups excluding carboxylic acids is 2. The predicted octanol–water partition coefficient (Wildman–Crippen LogP) is 2.85. The average molecular weight is 474 g/mol. The third-order valence-corrected chi connectivity index (χ3v) is 7.24. The molecule has 0 saturated carbocycles. The van der Waals surface area contributed by atoms with Crippen molar-refractivity contribution >= 4 is 21.8 Å². The molecule has 33 heavy (non-hydrogen) atoms. The summed E-state index contributed by atoms with van der Waals surface area (Å²) in [6.07, 6.45) is 0.558. The van der Waals surface area contributed by atoms with Gasteiger partial charge >= 0.3 is 0 Å². The third-order valence-electron chi connectivity index (χ3n) is 5.42. The number of amides is 2. The minimum Gasteiger partial charge on any atom is -0.354 e. The van der Waals surface area contributed by atoms with Gasteiger partial charge in [0.1, 0.15) is 6.04 Å². The first kappa shape index (κ1) is 26.5. The number of nitrogens with one attached hydrogen (secondary N) is 1. The van der Waals surface area contributed by atoms with Gasteiger partial charge in [0.05, 0.1) is 11.4 Å². The van der Waals surface area contributed by atoms with Gasteiger partial charge < -0.3 is 10.2 Å². The van der Waals surface area contributed by atoms with Gasteiger partial charge in [-0.15, -0.1) is 0 Å². The van der Waals surface area contributed by atoms with Gasteiger partial charge in [0.2, 0.25) is 21.8 Å². The molecule has 0 aliphatic carbocycles. The van der Waals surface area contributed by atoms with E-state index in [1.807, 2.05) is 51.1 Å². The van der Waals surface area contributed by atoms with E-state index in [1.54, 1.807) is 19.1 Å². The Morgan fingerprint density at radius 1 is 0.970 bits per heavy atom. The zero-order valence-electron chi connectivity index (χ0n) is 20.1. The fourth-order valence-corrected chi connectivity index (χ4v) is 4.40. The van der Waals surface area contributed by atoms with Crippen molar-refractivity contribution in [3.05, 3.63) is 65.7 Å². The first-order chi connectivity index (χ1) is 15.5. The van der Waals surface area contributed by atoms with Crippen molar-refractivity contribution in [1.82, 2.24) is 14.5 Å². The van der Waals surface area contributed by atoms with Crippen LogP contribution in [0, 0.1) is 12.8 Å². The molecule has 2 aromatic carbocycles. The number of hydrogen-bond acceptors (Lipinski definition) is 4. The lowest BCUT2D eigenvalue weighted by atomic mass is 10.1. The van der Waals surface area contributed by atoms with Gasteiger partial charge in [-0.05, 0) is 43.9 Å². The number of benzene rings is 2. The van der Waals surface area contributed by atoms with Gasteiger partial charge in [-0.3, -0.25) is 9.59 Å². The van der Waals surface area contributed by atoms with E-state index in [9.17, 15) is 18.0 Å². The van der Waals surface area contributed by atoms with Gasteiger partial charge in [-0.25, -0.2) is 8.42 Å². The van der Waals surface area contributed by atoms with Gasteiger partial charge in [0, 0.05) is 20.1 Å². The molecule has 7 nitrogen and oxygen atoms in total. The molecular formula is C25H35N3O4S. The van der Waals surface area contributed by atoms with Crippen LogP contribution in [0.4, 0.5) is 0 Å². The van der Waals surface area contributed by atoms with Crippen molar-refractivity contribution < 1.29 is 18.0 Å². The van der Waals surface area contributed by atoms with Crippen molar-refractivity contribution in [3.8, 4) is 0 Å². The lowest BCUT2D eigenvalue weighted by Crippen LogP contribution is -2.52. The van der Waals surface area contributed by atoms with Crippen molar-refractivity contribution in [2.45, 2.75) is 45.1 Å². The summed E-state index contributed by atoms with van der Waals surface area (Å²) in [5.74, 6) is -0.397. The topological polar surface area (TPSA) is 86.8 Å². The van der Waals surface area contributed by atoms with Crippen LogP contribution >= 0.6 is 0 Å². The van der Waals surface area contributed by atoms with Crippen LogP contribution in [0.5, 0.6) is 0 Å². The minimum absolute atomic E-state index is 0.127. The van der Waals surface area contributed by atoms with E-state index in [2.05, 4.69) is 5.32 Å². The van der Waals surface area contributed by atoms with Crippen LogP contribution in [0.3, 0.4) is 0 Å². The van der Waals surface area contributed by atoms with Crippen LogP contribution in [0.25, 0.3) is 0 Å². The second kappa shape index (κ2) is 12.0. The van der Waals surface area contributed by atoms with Crippen LogP contribution in [0.1, 0.15) is 31.9 Å². The summed E-state index contributed by atoms with van der Waals surface area (Å²) in [6.45, 7) is 7.99. The van der Waals surface area contributed by atoms with E-state index >= 15 is 0 Å². The maximum Gasteiger partial charge on any atom is 0.243 e. The highest BCUT2D eigenvalue weighted by atomic mass is 32.2. The van der Waals surface area contributed by atoms with E-state index in [4.69, 9.17) is 0 Å². The van der Waals surface area contributed by atoms with E-state index < -0.39 is 22.0 Å². The molecule has 0 spiro atoms. The predicted molar refractivity (Wildman–Crippen MR) is 130 cm³/mol. The summed E-state index contributed by atoms with van der Waals surface area (Å²) in [5.41, 5.74) is 1.98. The number of rotatable bonds is 11. The van der Waals surface area contributed by atoms with Crippen molar-refractivity contribution in [1.29, 1.82) is 0 Å². The van der Waals surface area contributed by atoms with Crippen molar-refractivity contribution in [3.63, 3.8) is 0 Å². The molecule has 0 heterocycles. The van der Waals surface area contributed by atoms with Crippen LogP contribution < -0.4 is 5.32 Å². The Hall–Kier alpha value is -2.71. The molecule has 0 radical (unpaired) electrons. The van der Waals surface area contributed by atoms with Gasteiger partial charge in [-0.2, -0.15) is 4.31 Å². The first-order valence-electron chi connectivity index (χ1n) is 11.2. The number of carbonyl (C=O) groups is 2. The molecule has 0 saturated heterocycles. The van der Waals surface area contributed by atoms with Gasteiger partial charge in [0.25, 0.3) is 0 Å². The number of sulfonamides is 1. The lowest BCUT2D eigenvalue weighted by Gasteiger charge is -2.30. The Kier molecular flexibility index (Phi) is 9.61. The molecule has 0 aromatic heterocycles. The number of nitrogens with zero attached hydrogens (tertiary/aromatic N) is 2. The van der Waals surface area contributed by atoms with Crippen LogP contribution in [-0.4, -0.2) is 62.2 Å². The van der Waals surface area contributed by atoms with Crippen molar-refractivity contribution in [2.24, 2.45) is 5.92 Å². The zero-order chi connectivity index (χ0) is 24.6. The molecule has 180 valence electrons. The zero-order valence-corrected chi connectivity index (χ0v) is 20.9. The Morgan fingerprint density at radius 3 is 2.15 bits per heavy atom. The highest BCUT2D eigenvalue weighted by molar-refractivity contribution is 7.89. The molecule has 1 N–H and O–H groups in total. The molecule has 8 heteroatoms. The number of hydrogen-bond donors (Lipinski definition) is 1. The molecule has 0 aliphatic heterocycles. The van der Waals surface area contributed by atoms with Gasteiger partial charge in [0.15, 0.2) is 0 Å². The summed E-state index contributed by atoms with van der Waals surface area (Å²) < 4.78 is 26.9. The van der Waals surface area contributed by atoms with E-state index in [0.717, 1.165) is 15.4 Å². The maximum absolute atomic E-state index is 13.2. The minimum atomic E-state index is -3.83. The molecule has 0 unspecified atom stereocenters. The smallest absolute Gasteiger partial charge is 0.243 e. The molecule has 2 aromatic rings. The SMILES string of the molecule is Cc1ccc(S(=O)(=O)N(C)CC(=O)N(CCc2ccccc2)[C@@H](C)C(=O)NCC(C)C)cc1. The van der Waals surface area contributed by atoms with Crippen LogP contribution in [0.2, 0.25) is 0 Å². The molecular weight excluding hydrogens is 438 g/mol. The summed E-state index contributed by atoms with van der Waals surface area (Å²) >= 11 is 0. The summed E-state index contributed by atoms with van der Waals surface area (Å²) in [4.78, 5) is 27.5. The first-order valence-corrected chi connectivity index (χ1v) is 12.6. The number of likely N-dealkylation sites (N-methyl/N-ethyl adjacent to an activating group) is 1. The molecule has 0 fully saturated rings. The normalized spacial score (nSPS) is 12.6. The highest BCUT2D eigenvalue weighted by Crippen LogP contribution is 2.16. The Labute approximate surface area is 197 Å². The van der Waals surface area contributed by atoms with E-state index in [0.29, 0.717) is 19.5 Å². The van der Waals surface area contributed by atoms with Crippen LogP contribution in [0.15, 0.2) is 59.5 Å². The summed E-state index contributed by atoms with van der Waals surface area (Å²) in [6, 6.07) is 15.4. The van der Waals surface area contributed by atoms with E-state index in [-0.39, 0.29) is 23.3 Å². The summed E-state index contributed by atoms with van der Waals surface area (Å²) in [7, 11) is -2.45. The van der Waals surface area contributed by atoms with E-state index in [1.165, 1.54) is 24.1 Å². The quantitative estimate of drug-likeness (QED) is 0.544. The maximum atomic E-state index is 13.2. The fourth-order valence-electron chi connectivity index (χ4n) is 3.28. The number of aryl methyl sites for hydroxylation is 1. The Bertz CT molecular complexity index is 1020. The van der Waals surface area contributed by atoms with Crippen molar-refractivity contribution in [2.75, 3.05) is 26.7 Å². The Morgan fingerprint density at radius 2 is 1.58 bits per heavy atom. The molecule has 1 atom stereocenters.